The Bertz CT molecular complexity index is 444. The van der Waals surface area contributed by atoms with Crippen LogP contribution in [-0.4, -0.2) is 25.0 Å². The van der Waals surface area contributed by atoms with E-state index < -0.39 is 11.9 Å². The van der Waals surface area contributed by atoms with Crippen molar-refractivity contribution in [2.45, 2.75) is 13.0 Å². The molecule has 1 aromatic rings. The zero-order chi connectivity index (χ0) is 13.0. The lowest BCUT2D eigenvalue weighted by Crippen LogP contribution is -2.32. The number of hydrogen-bond acceptors (Lipinski definition) is 4. The van der Waals surface area contributed by atoms with Crippen LogP contribution in [0.15, 0.2) is 18.2 Å². The average Bonchev–Trinajstić information content (AvgIpc) is 2.28. The van der Waals surface area contributed by atoms with Crippen LogP contribution in [0.4, 0.5) is 5.69 Å². The van der Waals surface area contributed by atoms with Gasteiger partial charge in [-0.2, -0.15) is 0 Å². The van der Waals surface area contributed by atoms with E-state index in [9.17, 15) is 9.59 Å². The smallest absolute Gasteiger partial charge is 0.248 e. The summed E-state index contributed by atoms with van der Waals surface area (Å²) in [6.45, 7) is 1.56. The molecule has 0 spiro atoms. The Morgan fingerprint density at radius 2 is 2.06 bits per heavy atom. The fraction of sp³-hybridized carbons (Fsp3) is 0.273. The van der Waals surface area contributed by atoms with Crippen LogP contribution >= 0.6 is 0 Å². The summed E-state index contributed by atoms with van der Waals surface area (Å²) in [4.78, 5) is 22.5. The van der Waals surface area contributed by atoms with Crippen molar-refractivity contribution < 1.29 is 14.3 Å². The van der Waals surface area contributed by atoms with Crippen molar-refractivity contribution in [1.29, 1.82) is 0 Å². The maximum absolute atomic E-state index is 11.5. The maximum atomic E-state index is 11.5. The molecular weight excluding hydrogens is 222 g/mol. The van der Waals surface area contributed by atoms with Crippen LogP contribution in [-0.2, 0) is 4.79 Å². The number of ether oxygens (including phenoxy) is 1. The van der Waals surface area contributed by atoms with Crippen LogP contribution in [0.5, 0.6) is 5.75 Å². The summed E-state index contributed by atoms with van der Waals surface area (Å²) in [7, 11) is 1.46. The predicted octanol–water partition coefficient (Wildman–Crippen LogP) is 0.0798. The quantitative estimate of drug-likeness (QED) is 0.689. The number of primary amides is 1. The van der Waals surface area contributed by atoms with Crippen LogP contribution in [0.3, 0.4) is 0 Å². The number of hydrogen-bond donors (Lipinski definition) is 3. The van der Waals surface area contributed by atoms with Gasteiger partial charge in [-0.1, -0.05) is 0 Å². The zero-order valence-electron chi connectivity index (χ0n) is 9.69. The highest BCUT2D eigenvalue weighted by atomic mass is 16.5. The molecule has 0 aliphatic rings. The highest BCUT2D eigenvalue weighted by molar-refractivity contribution is 5.99. The first-order chi connectivity index (χ1) is 7.95. The molecule has 1 rings (SSSR count). The fourth-order valence-electron chi connectivity index (χ4n) is 1.21. The monoisotopic (exact) mass is 237 g/mol. The van der Waals surface area contributed by atoms with E-state index in [4.69, 9.17) is 16.2 Å². The lowest BCUT2D eigenvalue weighted by atomic mass is 10.1. The standard InChI is InChI=1S/C11H15N3O3/c1-6(12)11(16)14-8-5-7(10(13)15)3-4-9(8)17-2/h3-6H,12H2,1-2H3,(H2,13,15)(H,14,16)/t6-/m1/s1. The van der Waals surface area contributed by atoms with E-state index in [1.54, 1.807) is 13.0 Å². The second-order valence-corrected chi connectivity index (χ2v) is 3.56. The number of nitrogens with one attached hydrogen (secondary N) is 1. The zero-order valence-corrected chi connectivity index (χ0v) is 9.69. The molecular formula is C11H15N3O3. The molecule has 0 aliphatic carbocycles. The maximum Gasteiger partial charge on any atom is 0.248 e. The Morgan fingerprint density at radius 1 is 1.41 bits per heavy atom. The van der Waals surface area contributed by atoms with Crippen LogP contribution in [0.25, 0.3) is 0 Å². The molecule has 1 atom stereocenters. The van der Waals surface area contributed by atoms with Crippen LogP contribution < -0.4 is 21.5 Å². The Kier molecular flexibility index (Phi) is 4.06. The van der Waals surface area contributed by atoms with Gasteiger partial charge < -0.3 is 21.5 Å². The Balaban J connectivity index is 3.06. The number of amides is 2. The van der Waals surface area contributed by atoms with Gasteiger partial charge in [0.2, 0.25) is 11.8 Å². The highest BCUT2D eigenvalue weighted by Crippen LogP contribution is 2.25. The van der Waals surface area contributed by atoms with E-state index in [1.807, 2.05) is 0 Å². The minimum Gasteiger partial charge on any atom is -0.495 e. The van der Waals surface area contributed by atoms with E-state index in [0.717, 1.165) is 0 Å². The molecule has 0 saturated carbocycles. The van der Waals surface area contributed by atoms with E-state index in [1.165, 1.54) is 19.2 Å². The van der Waals surface area contributed by atoms with Gasteiger partial charge in [-0.25, -0.2) is 0 Å². The second kappa shape index (κ2) is 5.31. The Labute approximate surface area is 98.9 Å². The minimum absolute atomic E-state index is 0.283. The van der Waals surface area contributed by atoms with Crippen LogP contribution in [0.1, 0.15) is 17.3 Å². The largest absolute Gasteiger partial charge is 0.495 e. The molecule has 0 aromatic heterocycles. The fourth-order valence-corrected chi connectivity index (χ4v) is 1.21. The van der Waals surface area contributed by atoms with Crippen molar-refractivity contribution in [2.75, 3.05) is 12.4 Å². The van der Waals surface area contributed by atoms with Gasteiger partial charge in [-0.3, -0.25) is 9.59 Å². The summed E-state index contributed by atoms with van der Waals surface area (Å²) in [6, 6.07) is 3.86. The molecule has 6 heteroatoms. The number of methoxy groups -OCH3 is 1. The number of carbonyl (C=O) groups excluding carboxylic acids is 2. The Morgan fingerprint density at radius 3 is 2.53 bits per heavy atom. The number of anilines is 1. The average molecular weight is 237 g/mol. The summed E-state index contributed by atoms with van der Waals surface area (Å²) >= 11 is 0. The summed E-state index contributed by atoms with van der Waals surface area (Å²) in [5.41, 5.74) is 11.2. The second-order valence-electron chi connectivity index (χ2n) is 3.56. The van der Waals surface area contributed by atoms with Gasteiger partial charge in [0.05, 0.1) is 18.8 Å². The summed E-state index contributed by atoms with van der Waals surface area (Å²) < 4.78 is 5.05. The first kappa shape index (κ1) is 13.0. The molecule has 0 radical (unpaired) electrons. The molecule has 17 heavy (non-hydrogen) atoms. The molecule has 2 amide bonds. The van der Waals surface area contributed by atoms with Crippen molar-refractivity contribution in [1.82, 2.24) is 0 Å². The molecule has 0 saturated heterocycles. The summed E-state index contributed by atoms with van der Waals surface area (Å²) in [5.74, 6) is -0.516. The third-order valence-corrected chi connectivity index (χ3v) is 2.16. The molecule has 0 unspecified atom stereocenters. The number of rotatable bonds is 4. The number of nitrogens with two attached hydrogens (primary N) is 2. The van der Waals surface area contributed by atoms with Gasteiger partial charge in [0.1, 0.15) is 5.75 Å². The normalized spacial score (nSPS) is 11.7. The van der Waals surface area contributed by atoms with Gasteiger partial charge >= 0.3 is 0 Å². The molecule has 0 fully saturated rings. The van der Waals surface area contributed by atoms with Crippen molar-refractivity contribution in [3.63, 3.8) is 0 Å². The van der Waals surface area contributed by atoms with Crippen molar-refractivity contribution in [3.8, 4) is 5.75 Å². The molecule has 6 nitrogen and oxygen atoms in total. The molecule has 0 aliphatic heterocycles. The van der Waals surface area contributed by atoms with E-state index in [0.29, 0.717) is 11.4 Å². The molecule has 5 N–H and O–H groups in total. The lowest BCUT2D eigenvalue weighted by Gasteiger charge is -2.12. The molecule has 0 heterocycles. The summed E-state index contributed by atoms with van der Waals surface area (Å²) in [5, 5.41) is 2.56. The van der Waals surface area contributed by atoms with E-state index >= 15 is 0 Å². The van der Waals surface area contributed by atoms with Gasteiger partial charge in [0, 0.05) is 5.56 Å². The topological polar surface area (TPSA) is 107 Å². The van der Waals surface area contributed by atoms with Crippen molar-refractivity contribution >= 4 is 17.5 Å². The number of benzene rings is 1. The van der Waals surface area contributed by atoms with Gasteiger partial charge in [-0.05, 0) is 25.1 Å². The SMILES string of the molecule is COc1ccc(C(N)=O)cc1NC(=O)[C@@H](C)N. The van der Waals surface area contributed by atoms with Crippen LogP contribution in [0, 0.1) is 0 Å². The first-order valence-electron chi connectivity index (χ1n) is 5.00. The van der Waals surface area contributed by atoms with Crippen LogP contribution in [0.2, 0.25) is 0 Å². The highest BCUT2D eigenvalue weighted by Gasteiger charge is 2.12. The molecule has 0 bridgehead atoms. The van der Waals surface area contributed by atoms with E-state index in [2.05, 4.69) is 5.32 Å². The van der Waals surface area contributed by atoms with Gasteiger partial charge in [0.15, 0.2) is 0 Å². The molecule has 92 valence electrons. The predicted molar refractivity (Wildman–Crippen MR) is 63.8 cm³/mol. The third kappa shape index (κ3) is 3.18. The molecule has 1 aromatic carbocycles. The Hall–Kier alpha value is -2.08. The first-order valence-corrected chi connectivity index (χ1v) is 5.00. The third-order valence-electron chi connectivity index (χ3n) is 2.16. The summed E-state index contributed by atoms with van der Waals surface area (Å²) in [6.07, 6.45) is 0. The van der Waals surface area contributed by atoms with E-state index in [-0.39, 0.29) is 11.5 Å². The van der Waals surface area contributed by atoms with Crippen molar-refractivity contribution in [3.05, 3.63) is 23.8 Å². The lowest BCUT2D eigenvalue weighted by molar-refractivity contribution is -0.117. The van der Waals surface area contributed by atoms with Gasteiger partial charge in [-0.15, -0.1) is 0 Å². The van der Waals surface area contributed by atoms with Crippen molar-refractivity contribution in [2.24, 2.45) is 11.5 Å². The van der Waals surface area contributed by atoms with Gasteiger partial charge in [0.25, 0.3) is 0 Å². The minimum atomic E-state index is -0.656. The number of carbonyl (C=O) groups is 2.